The van der Waals surface area contributed by atoms with Crippen LogP contribution in [0.4, 0.5) is 0 Å². The number of H-pyrrole nitrogens is 1. The van der Waals surface area contributed by atoms with E-state index >= 15 is 0 Å². The molecule has 7 nitrogen and oxygen atoms in total. The Kier molecular flexibility index (Phi) is 5.41. The second-order valence-corrected chi connectivity index (χ2v) is 5.76. The van der Waals surface area contributed by atoms with Gasteiger partial charge in [-0.15, -0.1) is 0 Å². The zero-order valence-corrected chi connectivity index (χ0v) is 14.6. The van der Waals surface area contributed by atoms with Crippen LogP contribution in [0.1, 0.15) is 21.5 Å². The number of nitrogens with zero attached hydrogens (tertiary/aromatic N) is 2. The molecule has 0 radical (unpaired) electrons. The first-order valence-corrected chi connectivity index (χ1v) is 8.18. The summed E-state index contributed by atoms with van der Waals surface area (Å²) in [4.78, 5) is 42.1. The van der Waals surface area contributed by atoms with Gasteiger partial charge in [0.2, 0.25) is 0 Å². The van der Waals surface area contributed by atoms with Crippen molar-refractivity contribution in [2.75, 3.05) is 0 Å². The fraction of sp³-hybridized carbons (Fsp3) is 0.100. The molecule has 3 aromatic rings. The molecule has 0 atom stereocenters. The van der Waals surface area contributed by atoms with Crippen LogP contribution in [0.5, 0.6) is 5.75 Å². The van der Waals surface area contributed by atoms with E-state index in [2.05, 4.69) is 9.97 Å². The fourth-order valence-electron chi connectivity index (χ4n) is 2.39. The van der Waals surface area contributed by atoms with E-state index in [0.29, 0.717) is 17.9 Å². The van der Waals surface area contributed by atoms with Crippen LogP contribution in [0.2, 0.25) is 0 Å². The van der Waals surface area contributed by atoms with Crippen molar-refractivity contribution >= 4 is 11.9 Å². The third-order valence-corrected chi connectivity index (χ3v) is 3.90. The number of aromatic amines is 1. The van der Waals surface area contributed by atoms with E-state index in [-0.39, 0.29) is 5.56 Å². The van der Waals surface area contributed by atoms with Crippen LogP contribution in [0.3, 0.4) is 0 Å². The molecule has 0 spiro atoms. The van der Waals surface area contributed by atoms with E-state index in [9.17, 15) is 14.4 Å². The normalized spacial score (nSPS) is 10.9. The molecule has 0 amide bonds. The van der Waals surface area contributed by atoms with Crippen LogP contribution in [-0.4, -0.2) is 20.3 Å². The molecule has 2 aromatic heterocycles. The van der Waals surface area contributed by atoms with Crippen LogP contribution in [0, 0.1) is 0 Å². The first-order valence-electron chi connectivity index (χ1n) is 8.18. The van der Waals surface area contributed by atoms with Crippen LogP contribution < -0.4 is 16.0 Å². The molecule has 0 saturated heterocycles. The van der Waals surface area contributed by atoms with Crippen molar-refractivity contribution in [2.45, 2.75) is 6.61 Å². The molecule has 0 unspecified atom stereocenters. The van der Waals surface area contributed by atoms with E-state index in [1.165, 1.54) is 13.1 Å². The van der Waals surface area contributed by atoms with Crippen molar-refractivity contribution in [3.63, 3.8) is 0 Å². The average molecular weight is 363 g/mol. The summed E-state index contributed by atoms with van der Waals surface area (Å²) >= 11 is 0. The van der Waals surface area contributed by atoms with Gasteiger partial charge in [-0.05, 0) is 24.3 Å². The van der Waals surface area contributed by atoms with Gasteiger partial charge in [-0.1, -0.05) is 24.3 Å². The lowest BCUT2D eigenvalue weighted by Gasteiger charge is -2.09. The molecule has 1 N–H and O–H groups in total. The maximum Gasteiger partial charge on any atom is 0.328 e. The first kappa shape index (κ1) is 18.1. The lowest BCUT2D eigenvalue weighted by atomic mass is 10.1. The molecule has 2 heterocycles. The maximum atomic E-state index is 12.3. The Hall–Kier alpha value is -3.74. The van der Waals surface area contributed by atoms with Gasteiger partial charge < -0.3 is 9.72 Å². The van der Waals surface area contributed by atoms with Crippen molar-refractivity contribution in [3.8, 4) is 5.75 Å². The van der Waals surface area contributed by atoms with Crippen molar-refractivity contribution in [1.29, 1.82) is 0 Å². The van der Waals surface area contributed by atoms with Crippen molar-refractivity contribution < 1.29 is 9.53 Å². The zero-order chi connectivity index (χ0) is 19.2. The SMILES string of the molecule is Cn1c(=O)[nH]cc(C(=O)/C=C/c2ccccc2OCc2cccnc2)c1=O. The lowest BCUT2D eigenvalue weighted by Crippen LogP contribution is -2.35. The standard InChI is InChI=1S/C20H17N3O4/c1-23-19(25)16(12-22-20(23)26)17(24)9-8-15-6-2-3-7-18(15)27-13-14-5-4-10-21-11-14/h2-12H,13H2,1H3,(H,22,26)/b9-8+. The van der Waals surface area contributed by atoms with Gasteiger partial charge in [0.05, 0.1) is 0 Å². The maximum absolute atomic E-state index is 12.3. The number of carbonyl (C=O) groups is 1. The van der Waals surface area contributed by atoms with Gasteiger partial charge in [0.25, 0.3) is 5.56 Å². The summed E-state index contributed by atoms with van der Waals surface area (Å²) in [6.07, 6.45) is 7.38. The number of ether oxygens (including phenoxy) is 1. The third-order valence-electron chi connectivity index (χ3n) is 3.90. The number of hydrogen-bond acceptors (Lipinski definition) is 5. The van der Waals surface area contributed by atoms with Gasteiger partial charge in [0.1, 0.15) is 17.9 Å². The summed E-state index contributed by atoms with van der Waals surface area (Å²) in [5.41, 5.74) is 0.284. The highest BCUT2D eigenvalue weighted by Crippen LogP contribution is 2.21. The van der Waals surface area contributed by atoms with E-state index in [0.717, 1.165) is 16.3 Å². The van der Waals surface area contributed by atoms with E-state index < -0.39 is 17.0 Å². The van der Waals surface area contributed by atoms with Gasteiger partial charge in [0.15, 0.2) is 5.78 Å². The minimum atomic E-state index is -0.644. The quantitative estimate of drug-likeness (QED) is 0.534. The molecular formula is C20H17N3O4. The Labute approximate surface area is 154 Å². The molecule has 1 aromatic carbocycles. The lowest BCUT2D eigenvalue weighted by molar-refractivity contribution is 0.104. The third kappa shape index (κ3) is 4.27. The summed E-state index contributed by atoms with van der Waals surface area (Å²) in [6.45, 7) is 0.340. The zero-order valence-electron chi connectivity index (χ0n) is 14.6. The number of para-hydroxylation sites is 1. The number of ketones is 1. The number of allylic oxidation sites excluding steroid dienone is 1. The fourth-order valence-corrected chi connectivity index (χ4v) is 2.39. The largest absolute Gasteiger partial charge is 0.488 e. The molecule has 136 valence electrons. The van der Waals surface area contributed by atoms with Gasteiger partial charge in [-0.3, -0.25) is 19.1 Å². The Morgan fingerprint density at radius 3 is 2.81 bits per heavy atom. The van der Waals surface area contributed by atoms with Crippen molar-refractivity contribution in [1.82, 2.24) is 14.5 Å². The molecular weight excluding hydrogens is 346 g/mol. The Bertz CT molecular complexity index is 1100. The smallest absolute Gasteiger partial charge is 0.328 e. The van der Waals surface area contributed by atoms with Crippen LogP contribution in [0.25, 0.3) is 6.08 Å². The molecule has 7 heteroatoms. The van der Waals surface area contributed by atoms with Crippen molar-refractivity contribution in [3.05, 3.63) is 98.6 Å². The Balaban J connectivity index is 1.79. The number of pyridine rings is 1. The number of rotatable bonds is 6. The highest BCUT2D eigenvalue weighted by Gasteiger charge is 2.10. The monoisotopic (exact) mass is 363 g/mol. The highest BCUT2D eigenvalue weighted by molar-refractivity contribution is 6.06. The molecule has 27 heavy (non-hydrogen) atoms. The molecule has 0 aliphatic heterocycles. The summed E-state index contributed by atoms with van der Waals surface area (Å²) in [6, 6.07) is 11.0. The van der Waals surface area contributed by atoms with Gasteiger partial charge in [0, 0.05) is 36.8 Å². The van der Waals surface area contributed by atoms with Crippen molar-refractivity contribution in [2.24, 2.45) is 7.05 Å². The highest BCUT2D eigenvalue weighted by atomic mass is 16.5. The van der Waals surface area contributed by atoms with Gasteiger partial charge in [-0.25, -0.2) is 4.79 Å². The van der Waals surface area contributed by atoms with E-state index in [4.69, 9.17) is 4.74 Å². The molecule has 0 aliphatic carbocycles. The predicted octanol–water partition coefficient (Wildman–Crippen LogP) is 1.94. The Morgan fingerprint density at radius 2 is 2.04 bits per heavy atom. The second-order valence-electron chi connectivity index (χ2n) is 5.76. The second kappa shape index (κ2) is 8.09. The molecule has 3 rings (SSSR count). The summed E-state index contributed by atoms with van der Waals surface area (Å²) in [5.74, 6) is 0.0914. The van der Waals surface area contributed by atoms with Gasteiger partial charge in [-0.2, -0.15) is 0 Å². The molecule has 0 aliphatic rings. The topological polar surface area (TPSA) is 94.1 Å². The number of benzene rings is 1. The predicted molar refractivity (Wildman–Crippen MR) is 101 cm³/mol. The van der Waals surface area contributed by atoms with Gasteiger partial charge >= 0.3 is 5.69 Å². The van der Waals surface area contributed by atoms with E-state index in [1.807, 2.05) is 24.3 Å². The number of hydrogen-bond donors (Lipinski definition) is 1. The Morgan fingerprint density at radius 1 is 1.22 bits per heavy atom. The molecule has 0 bridgehead atoms. The van der Waals surface area contributed by atoms with Crippen LogP contribution in [0.15, 0.2) is 70.7 Å². The van der Waals surface area contributed by atoms with Crippen LogP contribution in [-0.2, 0) is 13.7 Å². The molecule has 0 saturated carbocycles. The average Bonchev–Trinajstić information content (AvgIpc) is 2.70. The first-order chi connectivity index (χ1) is 13.1. The summed E-state index contributed by atoms with van der Waals surface area (Å²) in [7, 11) is 1.31. The minimum Gasteiger partial charge on any atom is -0.488 e. The summed E-state index contributed by atoms with van der Waals surface area (Å²) < 4.78 is 6.66. The number of carbonyl (C=O) groups excluding carboxylic acids is 1. The van der Waals surface area contributed by atoms with E-state index in [1.54, 1.807) is 30.6 Å². The number of nitrogens with one attached hydrogen (secondary N) is 1. The summed E-state index contributed by atoms with van der Waals surface area (Å²) in [5, 5.41) is 0. The molecule has 0 fully saturated rings. The minimum absolute atomic E-state index is 0.109. The van der Waals surface area contributed by atoms with Crippen LogP contribution >= 0.6 is 0 Å². The number of aromatic nitrogens is 3.